The van der Waals surface area contributed by atoms with Crippen molar-refractivity contribution in [2.24, 2.45) is 0 Å². The Morgan fingerprint density at radius 3 is 2.00 bits per heavy atom. The summed E-state index contributed by atoms with van der Waals surface area (Å²) in [5, 5.41) is 16.3. The van der Waals surface area contributed by atoms with Crippen LogP contribution in [0.15, 0.2) is 0 Å². The molecule has 0 aromatic heterocycles. The summed E-state index contributed by atoms with van der Waals surface area (Å²) in [7, 11) is 0. The molecule has 1 atom stereocenters. The van der Waals surface area contributed by atoms with Gasteiger partial charge in [0.05, 0.1) is 0 Å². The monoisotopic (exact) mass is 327 g/mol. The van der Waals surface area contributed by atoms with E-state index >= 15 is 0 Å². The molecule has 0 amide bonds. The average molecular weight is 327 g/mol. The molecule has 0 saturated carbocycles. The second-order valence-corrected chi connectivity index (χ2v) is 3.88. The summed E-state index contributed by atoms with van der Waals surface area (Å²) in [4.78, 5) is 19.9. The van der Waals surface area contributed by atoms with Gasteiger partial charge in [-0.25, -0.2) is 0 Å². The molecule has 0 spiro atoms. The van der Waals surface area contributed by atoms with Crippen LogP contribution in [0.2, 0.25) is 3.58 Å². The van der Waals surface area contributed by atoms with Crippen LogP contribution in [0.1, 0.15) is 6.42 Å². The third kappa shape index (κ3) is 4.35. The van der Waals surface area contributed by atoms with Crippen molar-refractivity contribution >= 4 is 37.0 Å². The second-order valence-electron chi connectivity index (χ2n) is 1.45. The fourth-order valence-electron chi connectivity index (χ4n) is 0.253. The quantitative estimate of drug-likeness (QED) is 0.714. The van der Waals surface area contributed by atoms with Gasteiger partial charge in [-0.2, -0.15) is 0 Å². The van der Waals surface area contributed by atoms with Gasteiger partial charge in [-0.05, 0) is 0 Å². The first-order valence-corrected chi connectivity index (χ1v) is 4.17. The van der Waals surface area contributed by atoms with E-state index in [9.17, 15) is 9.59 Å². The van der Waals surface area contributed by atoms with E-state index in [-0.39, 0.29) is 6.42 Å². The molecule has 0 saturated heterocycles. The molecule has 0 bridgehead atoms. The third-order valence-electron chi connectivity index (χ3n) is 0.653. The Morgan fingerprint density at radius 1 is 1.44 bits per heavy atom. The summed E-state index contributed by atoms with van der Waals surface area (Å²) in [6.45, 7) is 0. The van der Waals surface area contributed by atoms with Gasteiger partial charge in [0.15, 0.2) is 0 Å². The average Bonchev–Trinajstić information content (AvgIpc) is 1.63. The van der Waals surface area contributed by atoms with Gasteiger partial charge in [-0.1, -0.05) is 0 Å². The van der Waals surface area contributed by atoms with Crippen molar-refractivity contribution in [3.05, 3.63) is 0 Å². The number of aliphatic carboxylic acids is 2. The van der Waals surface area contributed by atoms with E-state index in [0.29, 0.717) is 25.1 Å². The topological polar surface area (TPSA) is 74.6 Å². The molecule has 0 aliphatic carbocycles. The molecule has 9 heavy (non-hydrogen) atoms. The number of carboxylic acids is 2. The zero-order valence-electron chi connectivity index (χ0n) is 4.44. The number of carboxylic acid groups (broad SMARTS) is 2. The number of rotatable bonds is 3. The van der Waals surface area contributed by atoms with Gasteiger partial charge in [0.25, 0.3) is 0 Å². The van der Waals surface area contributed by atoms with Gasteiger partial charge in [-0.3, -0.25) is 0 Å². The molecule has 52 valence electrons. The zero-order chi connectivity index (χ0) is 7.44. The predicted molar refractivity (Wildman–Crippen MR) is 30.8 cm³/mol. The van der Waals surface area contributed by atoms with Crippen LogP contribution in [0, 0.1) is 0 Å². The molecule has 0 radical (unpaired) electrons. The molecule has 2 N–H and O–H groups in total. The minimum absolute atomic E-state index is 0.261. The molecule has 0 aromatic rings. The van der Waals surface area contributed by atoms with E-state index in [4.69, 9.17) is 10.2 Å². The Labute approximate surface area is 67.0 Å². The fraction of sp³-hybridized carbons (Fsp3) is 0.500. The number of hydrogen-bond acceptors (Lipinski definition) is 2. The molecule has 0 aromatic carbocycles. The van der Waals surface area contributed by atoms with Crippen LogP contribution in [0.5, 0.6) is 0 Å². The van der Waals surface area contributed by atoms with Gasteiger partial charge in [0.1, 0.15) is 0 Å². The maximum atomic E-state index is 10.00. The molecule has 0 fully saturated rings. The Bertz CT molecular complexity index is 133. The van der Waals surface area contributed by atoms with Crippen LogP contribution >= 0.6 is 0 Å². The molecule has 0 aliphatic rings. The maximum absolute atomic E-state index is 10.00. The van der Waals surface area contributed by atoms with Crippen molar-refractivity contribution in [3.8, 4) is 0 Å². The number of hydrogen-bond donors (Lipinski definition) is 2. The normalized spacial score (nSPS) is 12.6. The van der Waals surface area contributed by atoms with Crippen LogP contribution in [0.4, 0.5) is 0 Å². The van der Waals surface area contributed by atoms with Gasteiger partial charge in [-0.15, -0.1) is 0 Å². The van der Waals surface area contributed by atoms with E-state index in [2.05, 4.69) is 0 Å². The van der Waals surface area contributed by atoms with Crippen LogP contribution in [0.25, 0.3) is 0 Å². The van der Waals surface area contributed by atoms with Gasteiger partial charge >= 0.3 is 66.8 Å². The van der Waals surface area contributed by atoms with E-state index in [0.717, 1.165) is 0 Å². The Morgan fingerprint density at radius 2 is 1.89 bits per heavy atom. The van der Waals surface area contributed by atoms with E-state index in [1.165, 1.54) is 0 Å². The first-order chi connectivity index (χ1) is 4.04. The van der Waals surface area contributed by atoms with Crippen molar-refractivity contribution < 1.29 is 19.8 Å². The molecular formula is C4H6O4Po. The van der Waals surface area contributed by atoms with Crippen molar-refractivity contribution in [2.45, 2.75) is 10.00 Å². The minimum atomic E-state index is -1.05. The molecule has 0 heterocycles. The van der Waals surface area contributed by atoms with Crippen LogP contribution in [0.3, 0.4) is 0 Å². The van der Waals surface area contributed by atoms with E-state index in [1.807, 2.05) is 0 Å². The van der Waals surface area contributed by atoms with Crippen molar-refractivity contribution in [1.29, 1.82) is 0 Å². The van der Waals surface area contributed by atoms with Crippen molar-refractivity contribution in [3.63, 3.8) is 0 Å². The standard InChI is InChI=1S/C4H5O4.Po.H/c5-3(6)1-2-4(7)8;;/h1H,2H2,(H,5,6)(H,7,8);;. The summed E-state index contributed by atoms with van der Waals surface area (Å²) >= 11 is 0.584. The Hall–Kier alpha value is -0.164. The van der Waals surface area contributed by atoms with E-state index in [1.54, 1.807) is 0 Å². The third-order valence-corrected chi connectivity index (χ3v) is 2.22. The Kier molecular flexibility index (Phi) is 3.72. The summed E-state index contributed by atoms with van der Waals surface area (Å²) in [6.07, 6.45) is -0.261. The summed E-state index contributed by atoms with van der Waals surface area (Å²) < 4.78 is -0.678. The summed E-state index contributed by atoms with van der Waals surface area (Å²) in [5.74, 6) is -2.07. The SMILES string of the molecule is O=C(O)C[CH]([PoH])C(=O)O. The molecular weight excluding hydrogens is 321 g/mol. The van der Waals surface area contributed by atoms with Gasteiger partial charge < -0.3 is 0 Å². The van der Waals surface area contributed by atoms with Crippen LogP contribution in [-0.4, -0.2) is 47.2 Å². The first kappa shape index (κ1) is 8.84. The molecule has 4 nitrogen and oxygen atoms in total. The molecule has 0 aliphatic heterocycles. The summed E-state index contributed by atoms with van der Waals surface area (Å²) in [5.41, 5.74) is 0. The van der Waals surface area contributed by atoms with Crippen LogP contribution < -0.4 is 0 Å². The predicted octanol–water partition coefficient (Wildman–Crippen LogP) is -0.765. The number of carbonyl (C=O) groups is 2. The molecule has 5 heteroatoms. The van der Waals surface area contributed by atoms with E-state index < -0.39 is 15.5 Å². The van der Waals surface area contributed by atoms with Crippen molar-refractivity contribution in [1.82, 2.24) is 0 Å². The Balaban J connectivity index is 3.63. The van der Waals surface area contributed by atoms with Crippen molar-refractivity contribution in [2.75, 3.05) is 0 Å². The van der Waals surface area contributed by atoms with Crippen LogP contribution in [-0.2, 0) is 9.59 Å². The van der Waals surface area contributed by atoms with Gasteiger partial charge in [0.2, 0.25) is 0 Å². The van der Waals surface area contributed by atoms with Gasteiger partial charge in [0, 0.05) is 0 Å². The second kappa shape index (κ2) is 3.79. The zero-order valence-corrected chi connectivity index (χ0v) is 7.92. The fourth-order valence-corrected chi connectivity index (χ4v) is 0.860. The first-order valence-electron chi connectivity index (χ1n) is 2.16. The molecule has 1 unspecified atom stereocenters. The molecule has 0 rings (SSSR count). The summed E-state index contributed by atoms with van der Waals surface area (Å²) in [6, 6.07) is 0.